The third kappa shape index (κ3) is 3.01. The number of aliphatic imine (C=N–C) groups is 1. The molecule has 26 heavy (non-hydrogen) atoms. The van der Waals surface area contributed by atoms with Gasteiger partial charge in [0.1, 0.15) is 22.8 Å². The molecule has 2 N–H and O–H groups in total. The van der Waals surface area contributed by atoms with E-state index in [1.165, 1.54) is 28.1 Å². The highest BCUT2D eigenvalue weighted by molar-refractivity contribution is 7.83. The molecule has 2 aromatic heterocycles. The third-order valence-electron chi connectivity index (χ3n) is 3.99. The van der Waals surface area contributed by atoms with Crippen LogP contribution in [0.3, 0.4) is 0 Å². The normalized spacial score (nSPS) is 20.2. The van der Waals surface area contributed by atoms with Gasteiger partial charge in [0.2, 0.25) is 18.2 Å². The Kier molecular flexibility index (Phi) is 4.29. The molecule has 0 aliphatic carbocycles. The molecule has 3 heterocycles. The smallest absolute Gasteiger partial charge is 0.247 e. The van der Waals surface area contributed by atoms with Crippen LogP contribution in [0.1, 0.15) is 10.9 Å². The number of rotatable bonds is 3. The number of halogens is 1. The van der Waals surface area contributed by atoms with Gasteiger partial charge in [-0.3, -0.25) is 4.31 Å². The molecule has 4 rings (SSSR count). The number of nitrogens with zero attached hydrogens (tertiary/aromatic N) is 4. The average Bonchev–Trinajstić information content (AvgIpc) is 3.29. The minimum atomic E-state index is -1.32. The molecule has 0 spiro atoms. The Morgan fingerprint density at radius 3 is 2.92 bits per heavy atom. The lowest BCUT2D eigenvalue weighted by molar-refractivity contribution is 0.568. The standard InChI is InChI=1S/C16H14FN5O2S2/c1-22-16(18)20-12(7-26(22)23)14-11(17)6-13(25-14)9-3-2-4-10(5-9)15-21-19-8-24-15/h2-6,8,12H,7H2,1H3,(H2,18,20). The monoisotopic (exact) mass is 391 g/mol. The summed E-state index contributed by atoms with van der Waals surface area (Å²) in [5.74, 6) is 0.367. The van der Waals surface area contributed by atoms with Crippen molar-refractivity contribution in [3.63, 3.8) is 0 Å². The first kappa shape index (κ1) is 16.9. The minimum absolute atomic E-state index is 0.146. The number of guanidine groups is 1. The van der Waals surface area contributed by atoms with E-state index < -0.39 is 17.0 Å². The molecule has 10 heteroatoms. The maximum Gasteiger partial charge on any atom is 0.247 e. The number of nitrogens with two attached hydrogens (primary N) is 1. The molecule has 1 aliphatic heterocycles. The van der Waals surface area contributed by atoms with E-state index in [1.54, 1.807) is 7.05 Å². The average molecular weight is 391 g/mol. The largest absolute Gasteiger partial charge is 0.423 e. The van der Waals surface area contributed by atoms with Crippen molar-refractivity contribution >= 4 is 28.3 Å². The molecule has 0 fully saturated rings. The van der Waals surface area contributed by atoms with Gasteiger partial charge in [0.15, 0.2) is 0 Å². The lowest BCUT2D eigenvalue weighted by Gasteiger charge is -2.25. The predicted octanol–water partition coefficient (Wildman–Crippen LogP) is 2.57. The van der Waals surface area contributed by atoms with Gasteiger partial charge < -0.3 is 10.2 Å². The summed E-state index contributed by atoms with van der Waals surface area (Å²) in [7, 11) is 0.278. The van der Waals surface area contributed by atoms with Gasteiger partial charge in [-0.1, -0.05) is 12.1 Å². The van der Waals surface area contributed by atoms with Crippen LogP contribution in [0.2, 0.25) is 0 Å². The number of hydrogen-bond acceptors (Lipinski definition) is 7. The van der Waals surface area contributed by atoms with Crippen molar-refractivity contribution in [1.82, 2.24) is 14.5 Å². The highest BCUT2D eigenvalue weighted by atomic mass is 32.2. The predicted molar refractivity (Wildman–Crippen MR) is 98.1 cm³/mol. The minimum Gasteiger partial charge on any atom is -0.423 e. The van der Waals surface area contributed by atoms with Crippen LogP contribution in [0.25, 0.3) is 21.9 Å². The molecule has 134 valence electrons. The summed E-state index contributed by atoms with van der Waals surface area (Å²) in [6, 6.07) is 8.32. The molecule has 1 aliphatic rings. The maximum atomic E-state index is 14.6. The van der Waals surface area contributed by atoms with E-state index in [0.717, 1.165) is 16.0 Å². The zero-order valence-electron chi connectivity index (χ0n) is 13.6. The second-order valence-corrected chi connectivity index (χ2v) is 8.24. The molecule has 2 unspecified atom stereocenters. The maximum absolute atomic E-state index is 14.6. The molecule has 3 aromatic rings. The van der Waals surface area contributed by atoms with Crippen LogP contribution in [-0.2, 0) is 11.0 Å². The Morgan fingerprint density at radius 2 is 2.19 bits per heavy atom. The van der Waals surface area contributed by atoms with Crippen LogP contribution in [0.4, 0.5) is 4.39 Å². The van der Waals surface area contributed by atoms with Crippen molar-refractivity contribution in [1.29, 1.82) is 0 Å². The molecule has 0 amide bonds. The van der Waals surface area contributed by atoms with Gasteiger partial charge in [-0.15, -0.1) is 21.5 Å². The summed E-state index contributed by atoms with van der Waals surface area (Å²) in [6.45, 7) is 0. The molecule has 0 saturated heterocycles. The first-order valence-electron chi connectivity index (χ1n) is 7.64. The van der Waals surface area contributed by atoms with E-state index in [9.17, 15) is 8.60 Å². The van der Waals surface area contributed by atoms with Crippen LogP contribution < -0.4 is 5.73 Å². The van der Waals surface area contributed by atoms with Crippen LogP contribution in [0, 0.1) is 5.82 Å². The molecular formula is C16H14FN5O2S2. The zero-order chi connectivity index (χ0) is 18.3. The van der Waals surface area contributed by atoms with Gasteiger partial charge in [-0.05, 0) is 23.8 Å². The zero-order valence-corrected chi connectivity index (χ0v) is 15.3. The Bertz CT molecular complexity index is 1000. The second kappa shape index (κ2) is 6.61. The van der Waals surface area contributed by atoms with Gasteiger partial charge in [0.25, 0.3) is 0 Å². The fraction of sp³-hybridized carbons (Fsp3) is 0.188. The summed E-state index contributed by atoms with van der Waals surface area (Å²) in [6.07, 6.45) is 1.26. The summed E-state index contributed by atoms with van der Waals surface area (Å²) in [4.78, 5) is 5.43. The van der Waals surface area contributed by atoms with E-state index in [4.69, 9.17) is 10.2 Å². The lowest BCUT2D eigenvalue weighted by atomic mass is 10.1. The summed E-state index contributed by atoms with van der Waals surface area (Å²) >= 11 is 1.27. The summed E-state index contributed by atoms with van der Waals surface area (Å²) in [5.41, 5.74) is 7.35. The second-order valence-electron chi connectivity index (χ2n) is 5.64. The summed E-state index contributed by atoms with van der Waals surface area (Å²) in [5, 5.41) is 7.55. The first-order valence-corrected chi connectivity index (χ1v) is 9.74. The first-order chi connectivity index (χ1) is 12.5. The van der Waals surface area contributed by atoms with Crippen LogP contribution >= 0.6 is 11.3 Å². The van der Waals surface area contributed by atoms with E-state index in [2.05, 4.69) is 15.2 Å². The van der Waals surface area contributed by atoms with Crippen molar-refractivity contribution < 1.29 is 13.0 Å². The highest BCUT2D eigenvalue weighted by Crippen LogP contribution is 2.38. The highest BCUT2D eigenvalue weighted by Gasteiger charge is 2.28. The van der Waals surface area contributed by atoms with Crippen LogP contribution in [-0.4, -0.2) is 37.5 Å². The number of benzene rings is 1. The molecule has 2 atom stereocenters. The number of aromatic nitrogens is 2. The van der Waals surface area contributed by atoms with E-state index in [0.29, 0.717) is 10.8 Å². The molecule has 7 nitrogen and oxygen atoms in total. The van der Waals surface area contributed by atoms with E-state index in [-0.39, 0.29) is 17.5 Å². The molecule has 1 aromatic carbocycles. The van der Waals surface area contributed by atoms with Crippen molar-refractivity contribution in [2.45, 2.75) is 6.04 Å². The topological polar surface area (TPSA) is 97.6 Å². The number of hydrogen-bond donors (Lipinski definition) is 1. The Hall–Kier alpha value is -2.59. The molecule has 0 bridgehead atoms. The quantitative estimate of drug-likeness (QED) is 0.740. The van der Waals surface area contributed by atoms with E-state index >= 15 is 0 Å². The van der Waals surface area contributed by atoms with Crippen molar-refractivity contribution in [3.8, 4) is 21.9 Å². The van der Waals surface area contributed by atoms with Crippen molar-refractivity contribution in [2.24, 2.45) is 10.7 Å². The Labute approximate surface area is 155 Å². The van der Waals surface area contributed by atoms with Gasteiger partial charge in [0.05, 0.1) is 10.6 Å². The Balaban J connectivity index is 1.70. The third-order valence-corrected chi connectivity index (χ3v) is 6.65. The molecule has 0 radical (unpaired) electrons. The van der Waals surface area contributed by atoms with Crippen molar-refractivity contribution in [2.75, 3.05) is 12.8 Å². The van der Waals surface area contributed by atoms with Crippen LogP contribution in [0.5, 0.6) is 0 Å². The molecular weight excluding hydrogens is 377 g/mol. The van der Waals surface area contributed by atoms with Crippen molar-refractivity contribution in [3.05, 3.63) is 47.4 Å². The SMILES string of the molecule is CN1C(N)=NC(c2sc(-c3cccc(-c4nnco4)c3)cc2F)CS1=O. The molecule has 0 saturated carbocycles. The number of thiophene rings is 1. The van der Waals surface area contributed by atoms with Gasteiger partial charge in [-0.2, -0.15) is 0 Å². The van der Waals surface area contributed by atoms with Gasteiger partial charge in [0, 0.05) is 17.5 Å². The fourth-order valence-corrected chi connectivity index (χ4v) is 4.79. The fourth-order valence-electron chi connectivity index (χ4n) is 2.62. The Morgan fingerprint density at radius 1 is 1.38 bits per heavy atom. The van der Waals surface area contributed by atoms with E-state index in [1.807, 2.05) is 24.3 Å². The van der Waals surface area contributed by atoms with Gasteiger partial charge >= 0.3 is 0 Å². The van der Waals surface area contributed by atoms with Gasteiger partial charge in [-0.25, -0.2) is 13.6 Å². The lowest BCUT2D eigenvalue weighted by Crippen LogP contribution is -2.41. The van der Waals surface area contributed by atoms with Crippen LogP contribution in [0.15, 0.2) is 46.1 Å². The summed E-state index contributed by atoms with van der Waals surface area (Å²) < 4.78 is 33.2.